The maximum atomic E-state index is 13.2. The molecule has 0 saturated heterocycles. The number of nitrogens with zero attached hydrogens (tertiary/aromatic N) is 1. The van der Waals surface area contributed by atoms with Gasteiger partial charge >= 0.3 is 0 Å². The van der Waals surface area contributed by atoms with Gasteiger partial charge in [0.1, 0.15) is 0 Å². The first-order chi connectivity index (χ1) is 6.29. The first-order valence-corrected chi connectivity index (χ1v) is 4.50. The average Bonchev–Trinajstić information content (AvgIpc) is 2.62. The quantitative estimate of drug-likeness (QED) is 0.684. The van der Waals surface area contributed by atoms with Crippen LogP contribution in [0.5, 0.6) is 0 Å². The molecule has 1 aromatic heterocycles. The van der Waals surface area contributed by atoms with E-state index < -0.39 is 11.6 Å². The second-order valence-electron chi connectivity index (χ2n) is 2.47. The molecule has 66 valence electrons. The minimum Gasteiger partial charge on any atom is -0.252 e. The molecule has 0 N–H and O–H groups in total. The van der Waals surface area contributed by atoms with Crippen molar-refractivity contribution in [2.75, 3.05) is 0 Å². The van der Waals surface area contributed by atoms with Crippen LogP contribution in [-0.4, -0.2) is 4.98 Å². The molecule has 1 nitrogen and oxygen atoms in total. The van der Waals surface area contributed by atoms with Gasteiger partial charge in [-0.1, -0.05) is 12.1 Å². The van der Waals surface area contributed by atoms with Crippen molar-refractivity contribution >= 4 is 11.3 Å². The van der Waals surface area contributed by atoms with Crippen LogP contribution in [0.15, 0.2) is 29.9 Å². The van der Waals surface area contributed by atoms with Gasteiger partial charge in [0.15, 0.2) is 11.6 Å². The summed E-state index contributed by atoms with van der Waals surface area (Å²) in [4.78, 5) is 4.43. The van der Waals surface area contributed by atoms with Gasteiger partial charge in [0.2, 0.25) is 0 Å². The van der Waals surface area contributed by atoms with Gasteiger partial charge in [0.25, 0.3) is 0 Å². The summed E-state index contributed by atoms with van der Waals surface area (Å²) < 4.78 is 25.9. The van der Waals surface area contributed by atoms with Crippen molar-refractivity contribution in [2.24, 2.45) is 0 Å². The molecule has 0 atom stereocenters. The monoisotopic (exact) mass is 197 g/mol. The summed E-state index contributed by atoms with van der Waals surface area (Å²) >= 11 is 1.28. The number of hydrogen-bond donors (Lipinski definition) is 0. The van der Waals surface area contributed by atoms with Gasteiger partial charge in [-0.15, -0.1) is 11.3 Å². The number of benzene rings is 1. The fraction of sp³-hybridized carbons (Fsp3) is 0. The molecule has 0 amide bonds. The van der Waals surface area contributed by atoms with Gasteiger partial charge in [-0.2, -0.15) is 0 Å². The third kappa shape index (κ3) is 1.45. The zero-order chi connectivity index (χ0) is 9.26. The fourth-order valence-corrected chi connectivity index (χ4v) is 1.68. The molecule has 0 spiro atoms. The maximum Gasteiger partial charge on any atom is 0.167 e. The first kappa shape index (κ1) is 8.31. The largest absolute Gasteiger partial charge is 0.252 e. The Hall–Kier alpha value is -1.29. The summed E-state index contributed by atoms with van der Waals surface area (Å²) in [6.07, 6.45) is 1.52. The maximum absolute atomic E-state index is 13.2. The zero-order valence-corrected chi connectivity index (χ0v) is 7.31. The average molecular weight is 197 g/mol. The molecule has 1 heterocycles. The molecule has 0 aliphatic heterocycles. The topological polar surface area (TPSA) is 12.9 Å². The van der Waals surface area contributed by atoms with E-state index in [2.05, 4.69) is 4.98 Å². The Morgan fingerprint density at radius 1 is 1.23 bits per heavy atom. The Morgan fingerprint density at radius 2 is 2.08 bits per heavy atom. The molecular weight excluding hydrogens is 192 g/mol. The van der Waals surface area contributed by atoms with Gasteiger partial charge in [-0.25, -0.2) is 8.78 Å². The highest BCUT2D eigenvalue weighted by Gasteiger charge is 2.09. The van der Waals surface area contributed by atoms with Crippen molar-refractivity contribution in [3.8, 4) is 10.4 Å². The molecule has 13 heavy (non-hydrogen) atoms. The van der Waals surface area contributed by atoms with Gasteiger partial charge < -0.3 is 0 Å². The molecule has 0 aliphatic carbocycles. The first-order valence-electron chi connectivity index (χ1n) is 3.62. The molecule has 0 saturated carbocycles. The lowest BCUT2D eigenvalue weighted by atomic mass is 10.2. The summed E-state index contributed by atoms with van der Waals surface area (Å²) in [5.74, 6) is -1.64. The van der Waals surface area contributed by atoms with Crippen LogP contribution in [0, 0.1) is 11.6 Å². The Labute approximate surface area is 77.7 Å². The molecule has 0 aliphatic rings. The Kier molecular flexibility index (Phi) is 2.06. The second-order valence-corrected chi connectivity index (χ2v) is 3.35. The minimum atomic E-state index is -0.828. The summed E-state index contributed by atoms with van der Waals surface area (Å²) in [6.45, 7) is 0. The number of rotatable bonds is 1. The molecule has 0 fully saturated rings. The van der Waals surface area contributed by atoms with Gasteiger partial charge in [-0.05, 0) is 6.07 Å². The molecule has 4 heteroatoms. The van der Waals surface area contributed by atoms with Crippen molar-refractivity contribution < 1.29 is 8.78 Å². The zero-order valence-electron chi connectivity index (χ0n) is 6.50. The SMILES string of the molecule is Fc1cccc(-c2cncs2)c1F. The van der Waals surface area contributed by atoms with Crippen molar-refractivity contribution in [3.63, 3.8) is 0 Å². The van der Waals surface area contributed by atoms with Crippen LogP contribution >= 0.6 is 11.3 Å². The number of thiazole rings is 1. The predicted molar refractivity (Wildman–Crippen MR) is 47.5 cm³/mol. The van der Waals surface area contributed by atoms with Crippen LogP contribution in [0.3, 0.4) is 0 Å². The summed E-state index contributed by atoms with van der Waals surface area (Å²) in [5, 5.41) is 0. The van der Waals surface area contributed by atoms with Crippen molar-refractivity contribution in [1.29, 1.82) is 0 Å². The summed E-state index contributed by atoms with van der Waals surface area (Å²) in [6, 6.07) is 4.11. The summed E-state index contributed by atoms with van der Waals surface area (Å²) in [7, 11) is 0. The lowest BCUT2D eigenvalue weighted by molar-refractivity contribution is 0.511. The van der Waals surface area contributed by atoms with Crippen molar-refractivity contribution in [2.45, 2.75) is 0 Å². The third-order valence-electron chi connectivity index (χ3n) is 1.65. The van der Waals surface area contributed by atoms with E-state index in [9.17, 15) is 8.78 Å². The number of halogens is 2. The van der Waals surface area contributed by atoms with Gasteiger partial charge in [-0.3, -0.25) is 4.98 Å². The van der Waals surface area contributed by atoms with Crippen LogP contribution in [0.2, 0.25) is 0 Å². The minimum absolute atomic E-state index is 0.266. The second kappa shape index (κ2) is 3.22. The normalized spacial score (nSPS) is 10.3. The van der Waals surface area contributed by atoms with E-state index in [0.717, 1.165) is 6.07 Å². The standard InChI is InChI=1S/C9H5F2NS/c10-7-3-1-2-6(9(7)11)8-4-12-5-13-8/h1-5H. The molecule has 2 rings (SSSR count). The molecular formula is C9H5F2NS. The van der Waals surface area contributed by atoms with Crippen LogP contribution in [0.4, 0.5) is 8.78 Å². The van der Waals surface area contributed by atoms with Crippen LogP contribution in [0.1, 0.15) is 0 Å². The van der Waals surface area contributed by atoms with E-state index in [1.54, 1.807) is 5.51 Å². The molecule has 0 unspecified atom stereocenters. The lowest BCUT2D eigenvalue weighted by Crippen LogP contribution is -1.86. The van der Waals surface area contributed by atoms with Crippen LogP contribution in [-0.2, 0) is 0 Å². The van der Waals surface area contributed by atoms with Gasteiger partial charge in [0, 0.05) is 11.8 Å². The van der Waals surface area contributed by atoms with E-state index in [0.29, 0.717) is 4.88 Å². The fourth-order valence-electron chi connectivity index (χ4n) is 1.04. The van der Waals surface area contributed by atoms with Crippen LogP contribution < -0.4 is 0 Å². The van der Waals surface area contributed by atoms with Crippen LogP contribution in [0.25, 0.3) is 10.4 Å². The van der Waals surface area contributed by atoms with Gasteiger partial charge in [0.05, 0.1) is 10.4 Å². The Bertz CT molecular complexity index is 412. The molecule has 0 bridgehead atoms. The Balaban J connectivity index is 2.59. The third-order valence-corrected chi connectivity index (χ3v) is 2.46. The van der Waals surface area contributed by atoms with Crippen molar-refractivity contribution in [3.05, 3.63) is 41.5 Å². The molecule has 1 aromatic carbocycles. The highest BCUT2D eigenvalue weighted by atomic mass is 32.1. The number of hydrogen-bond acceptors (Lipinski definition) is 2. The van der Waals surface area contributed by atoms with E-state index in [-0.39, 0.29) is 5.56 Å². The Morgan fingerprint density at radius 3 is 2.77 bits per heavy atom. The predicted octanol–water partition coefficient (Wildman–Crippen LogP) is 3.09. The molecule has 0 radical (unpaired) electrons. The highest BCUT2D eigenvalue weighted by molar-refractivity contribution is 7.13. The summed E-state index contributed by atoms with van der Waals surface area (Å²) in [5.41, 5.74) is 1.85. The lowest BCUT2D eigenvalue weighted by Gasteiger charge is -1.98. The van der Waals surface area contributed by atoms with E-state index in [4.69, 9.17) is 0 Å². The van der Waals surface area contributed by atoms with Crippen molar-refractivity contribution in [1.82, 2.24) is 4.98 Å². The smallest absolute Gasteiger partial charge is 0.167 e. The van der Waals surface area contributed by atoms with E-state index in [1.165, 1.54) is 29.7 Å². The van der Waals surface area contributed by atoms with E-state index in [1.807, 2.05) is 0 Å². The van der Waals surface area contributed by atoms with E-state index >= 15 is 0 Å². The highest BCUT2D eigenvalue weighted by Crippen LogP contribution is 2.26. The molecule has 2 aromatic rings. The number of aromatic nitrogens is 1.